The minimum Gasteiger partial charge on any atom is -0.387 e. The van der Waals surface area contributed by atoms with Crippen molar-refractivity contribution in [3.63, 3.8) is 0 Å². The first kappa shape index (κ1) is 57.1. The topological polar surface area (TPSA) is 560 Å². The van der Waals surface area contributed by atoms with Crippen LogP contribution in [0.5, 0.6) is 0 Å². The summed E-state index contributed by atoms with van der Waals surface area (Å²) in [6.07, 6.45) is -12.7. The highest BCUT2D eigenvalue weighted by Crippen LogP contribution is 2.68. The van der Waals surface area contributed by atoms with Crippen molar-refractivity contribution in [2.24, 2.45) is 7.05 Å². The summed E-state index contributed by atoms with van der Waals surface area (Å²) in [6, 6.07) is 0. The summed E-state index contributed by atoms with van der Waals surface area (Å²) >= 11 is 0. The molecule has 40 nitrogen and oxygen atoms in total. The molecule has 44 heteroatoms. The monoisotopic (exact) mass is 1200 g/mol. The maximum atomic E-state index is 13.8. The molecule has 4 fully saturated rings. The van der Waals surface area contributed by atoms with Gasteiger partial charge in [-0.05, 0) is 0 Å². The zero-order chi connectivity index (χ0) is 56.7. The first-order valence-corrected chi connectivity index (χ1v) is 28.7. The van der Waals surface area contributed by atoms with Gasteiger partial charge >= 0.3 is 36.9 Å². The van der Waals surface area contributed by atoms with E-state index in [-0.39, 0.29) is 64.4 Å². The lowest BCUT2D eigenvalue weighted by Crippen LogP contribution is -2.46. The fraction of sp³-hybridized carbons (Fsp3) is 0.571. The van der Waals surface area contributed by atoms with Crippen molar-refractivity contribution in [2.75, 3.05) is 64.0 Å². The number of nitrogens with zero attached hydrogens (tertiary/aromatic N) is 10. The number of aromatic amines is 2. The number of aryl methyl sites for hydroxylation is 1. The van der Waals surface area contributed by atoms with Gasteiger partial charge in [0.1, 0.15) is 66.3 Å². The predicted molar refractivity (Wildman–Crippen MR) is 252 cm³/mol. The summed E-state index contributed by atoms with van der Waals surface area (Å²) in [5.74, 6) is -0.672. The van der Waals surface area contributed by atoms with Crippen LogP contribution in [0.15, 0.2) is 34.9 Å². The second-order valence-corrected chi connectivity index (χ2v) is 23.9. The van der Waals surface area contributed by atoms with E-state index in [4.69, 9.17) is 63.7 Å². The summed E-state index contributed by atoms with van der Waals surface area (Å²) in [5.41, 5.74) is 13.4. The van der Waals surface area contributed by atoms with E-state index in [9.17, 15) is 62.7 Å². The minimum absolute atomic E-state index is 0.00514. The summed E-state index contributed by atoms with van der Waals surface area (Å²) < 4.78 is 122. The highest BCUT2D eigenvalue weighted by molar-refractivity contribution is 7.66. The minimum atomic E-state index is -6.22. The van der Waals surface area contributed by atoms with Gasteiger partial charge in [0.15, 0.2) is 41.4 Å². The van der Waals surface area contributed by atoms with Crippen molar-refractivity contribution < 1.29 is 113 Å². The Morgan fingerprint density at radius 2 is 1.43 bits per heavy atom. The maximum absolute atomic E-state index is 13.8. The van der Waals surface area contributed by atoms with Gasteiger partial charge in [0.2, 0.25) is 17.7 Å². The number of nitrogen functional groups attached to an aromatic ring is 3. The van der Waals surface area contributed by atoms with Crippen molar-refractivity contribution >= 4 is 82.5 Å². The van der Waals surface area contributed by atoms with E-state index in [1.54, 1.807) is 0 Å². The third-order valence-corrected chi connectivity index (χ3v) is 17.8. The summed E-state index contributed by atoms with van der Waals surface area (Å²) in [6.45, 7) is -4.13. The van der Waals surface area contributed by atoms with Gasteiger partial charge in [-0.25, -0.2) is 42.8 Å². The van der Waals surface area contributed by atoms with Gasteiger partial charge in [-0.2, -0.15) is 13.6 Å². The van der Waals surface area contributed by atoms with E-state index in [1.165, 1.54) is 40.5 Å². The van der Waals surface area contributed by atoms with Crippen molar-refractivity contribution in [2.45, 2.75) is 73.1 Å². The van der Waals surface area contributed by atoms with E-state index >= 15 is 0 Å². The van der Waals surface area contributed by atoms with Crippen LogP contribution in [0.3, 0.4) is 0 Å². The number of hydrogen-bond donors (Lipinski definition) is 12. The number of anilines is 3. The van der Waals surface area contributed by atoms with Crippen LogP contribution in [0.25, 0.3) is 33.5 Å². The number of fused-ring (bicyclic) bond motifs is 5. The smallest absolute Gasteiger partial charge is 0.387 e. The van der Waals surface area contributed by atoms with E-state index in [2.05, 4.69) is 48.5 Å². The van der Waals surface area contributed by atoms with Gasteiger partial charge in [-0.1, -0.05) is 4.98 Å². The van der Waals surface area contributed by atoms with Crippen LogP contribution < -0.4 is 32.9 Å². The number of rotatable bonds is 22. The van der Waals surface area contributed by atoms with Gasteiger partial charge < -0.3 is 80.5 Å². The van der Waals surface area contributed by atoms with Crippen LogP contribution in [-0.4, -0.2) is 190 Å². The number of ether oxygens (including phenoxy) is 6. The van der Waals surface area contributed by atoms with Gasteiger partial charge in [-0.15, -0.1) is 0 Å². The molecule has 10 rings (SSSR count). The fourth-order valence-corrected chi connectivity index (χ4v) is 13.8. The molecule has 0 saturated carbocycles. The third kappa shape index (κ3) is 11.2. The molecule has 4 aliphatic heterocycles. The number of nitrogens with two attached hydrogens (primary N) is 3. The number of H-pyrrole nitrogens is 2. The lowest BCUT2D eigenvalue weighted by atomic mass is 10.0. The highest BCUT2D eigenvalue weighted by atomic mass is 31.3. The summed E-state index contributed by atoms with van der Waals surface area (Å²) in [5, 5.41) is 33.2. The Labute approximate surface area is 438 Å². The van der Waals surface area contributed by atoms with Crippen LogP contribution in [0, 0.1) is 0 Å². The lowest BCUT2D eigenvalue weighted by Gasteiger charge is -2.32. The number of aliphatic hydroxyl groups excluding tert-OH is 3. The van der Waals surface area contributed by atoms with E-state index in [0.717, 1.165) is 17.2 Å². The van der Waals surface area contributed by atoms with Gasteiger partial charge in [0.05, 0.1) is 59.3 Å². The molecule has 16 atom stereocenters. The first-order valence-electron chi connectivity index (χ1n) is 22.7. The Bertz CT molecular complexity index is 3620. The third-order valence-electron chi connectivity index (χ3n) is 12.6. The average molecular weight is 1200 g/mol. The quantitative estimate of drug-likeness (QED) is 0.0174. The average Bonchev–Trinajstić information content (AvgIpc) is 4.05. The molecule has 7 unspecified atom stereocenters. The van der Waals surface area contributed by atoms with E-state index in [1.807, 2.05) is 0 Å². The largest absolute Gasteiger partial charge is 0.490 e. The highest BCUT2D eigenvalue weighted by Gasteiger charge is 2.66. The summed E-state index contributed by atoms with van der Waals surface area (Å²) in [4.78, 5) is 96.8. The van der Waals surface area contributed by atoms with Gasteiger partial charge in [0.25, 0.3) is 17.1 Å². The number of methoxy groups -OCH3 is 1. The van der Waals surface area contributed by atoms with E-state index in [0.29, 0.717) is 0 Å². The SMILES string of the molecule is COCCOC1[C@@H](COP(=O)(O)OP(=O)(O)OP(=O)(O)OC[C@@]23CO[C@@H](C2OP(=O)(O)OC[C@H]2O[C@@H](n4cnc5c(=O)[nH]c(N)nc54)[C@@H](O)C2O)[C@H](n2cnc4c(N)ncnc42)O3)O[C@@H]([n+]2cn(C)c3c(=O)[nH]c(N)nc32)[C@H]1O. The Hall–Kier alpha value is -5.19. The number of imidazole rings is 3. The number of aliphatic hydroxyl groups is 3. The molecule has 432 valence electrons. The molecular formula is C35H48N15O25P4+. The number of phosphoric ester groups is 3. The van der Waals surface area contributed by atoms with Crippen molar-refractivity contribution in [3.05, 3.63) is 46.0 Å². The molecule has 10 heterocycles. The molecule has 2 bridgehead atoms. The maximum Gasteiger partial charge on any atom is 0.490 e. The Morgan fingerprint density at radius 3 is 2.16 bits per heavy atom. The number of hydrogen-bond acceptors (Lipinski definition) is 30. The van der Waals surface area contributed by atoms with Crippen LogP contribution >= 0.6 is 31.3 Å². The molecule has 0 radical (unpaired) electrons. The molecule has 0 spiro atoms. The Balaban J connectivity index is 0.818. The predicted octanol–water partition coefficient (Wildman–Crippen LogP) is -4.29. The molecule has 6 aromatic heterocycles. The normalized spacial score (nSPS) is 31.0. The Kier molecular flexibility index (Phi) is 15.4. The molecule has 4 saturated heterocycles. The van der Waals surface area contributed by atoms with Crippen molar-refractivity contribution in [1.82, 2.24) is 53.6 Å². The van der Waals surface area contributed by atoms with Crippen LogP contribution in [0.1, 0.15) is 18.7 Å². The van der Waals surface area contributed by atoms with Crippen LogP contribution in [-0.2, 0) is 80.4 Å². The standard InChI is InChI=1S/C35H47N15O25P4/c1-47-12-50(27-17(47)29(55)46-34(38)44-27)31-20(53)21(65-4-3-64-2)14(71-31)6-68-77(58,59)74-79(62,63)75-78(60,61)69-8-35-7-66-22(32(72-35)48-10-41-15-24(36)39-9-40-25(15)48)23(35)73-76(56,57)67-5-13-18(51)19(52)30(70-13)49-11-42-16-26(49)43-33(37)45-28(16)54/h9-14,18-23,30-32,51-53H,3-8H2,1-2H3,(H11-,36,37,38,39,40,43,44,45,46,54,55,56,57,58,59,60,61,62,63)/p+1/t13-,14-,18?,19+,20+,21?,22+,23?,30-,31-,32-,35+/m1/s1. The van der Waals surface area contributed by atoms with Crippen molar-refractivity contribution in [1.29, 1.82) is 0 Å². The molecule has 0 aliphatic carbocycles. The Morgan fingerprint density at radius 1 is 0.772 bits per heavy atom. The van der Waals surface area contributed by atoms with Crippen LogP contribution in [0.2, 0.25) is 0 Å². The second-order valence-electron chi connectivity index (χ2n) is 17.8. The lowest BCUT2D eigenvalue weighted by molar-refractivity contribution is -0.745. The van der Waals surface area contributed by atoms with Crippen LogP contribution in [0.4, 0.5) is 17.7 Å². The van der Waals surface area contributed by atoms with Gasteiger partial charge in [0, 0.05) is 7.11 Å². The van der Waals surface area contributed by atoms with E-state index < -0.39 is 142 Å². The number of aromatic nitrogens is 12. The first-order chi connectivity index (χ1) is 37.2. The molecule has 6 aromatic rings. The van der Waals surface area contributed by atoms with Crippen molar-refractivity contribution in [3.8, 4) is 0 Å². The zero-order valence-electron chi connectivity index (χ0n) is 40.4. The van der Waals surface area contributed by atoms with Gasteiger partial charge in [-0.3, -0.25) is 51.4 Å². The molecular weight excluding hydrogens is 1150 g/mol. The second kappa shape index (κ2) is 21.3. The fourth-order valence-electron chi connectivity index (χ4n) is 9.19. The zero-order valence-corrected chi connectivity index (χ0v) is 44.0. The molecule has 15 N–H and O–H groups in total. The number of nitrogens with one attached hydrogen (secondary N) is 2. The number of phosphoric acid groups is 4. The summed E-state index contributed by atoms with van der Waals surface area (Å²) in [7, 11) is -20.7. The molecule has 79 heavy (non-hydrogen) atoms. The molecule has 4 aliphatic rings. The molecule has 0 amide bonds. The molecule has 0 aromatic carbocycles.